The van der Waals surface area contributed by atoms with Gasteiger partial charge in [0.2, 0.25) is 0 Å². The van der Waals surface area contributed by atoms with Crippen molar-refractivity contribution in [2.75, 3.05) is 26.8 Å². The normalized spacial score (nSPS) is 16.2. The van der Waals surface area contributed by atoms with Crippen LogP contribution in [0.1, 0.15) is 42.2 Å². The molecule has 1 amide bonds. The van der Waals surface area contributed by atoms with Crippen LogP contribution in [0.5, 0.6) is 0 Å². The first-order chi connectivity index (χ1) is 10.1. The maximum absolute atomic E-state index is 12.6. The average molecular weight is 311 g/mol. The fraction of sp³-hybridized carbons (Fsp3) is 0.625. The maximum Gasteiger partial charge on any atom is 0.254 e. The Hall–Kier alpha value is -1.13. The van der Waals surface area contributed by atoms with Crippen molar-refractivity contribution in [2.45, 2.75) is 32.6 Å². The lowest BCUT2D eigenvalue weighted by Gasteiger charge is -2.31. The van der Waals surface area contributed by atoms with E-state index in [2.05, 4.69) is 11.9 Å². The number of amides is 1. The van der Waals surface area contributed by atoms with Crippen molar-refractivity contribution >= 4 is 17.5 Å². The predicted octanol–water partition coefficient (Wildman–Crippen LogP) is 3.19. The topological polar surface area (TPSA) is 42.4 Å². The van der Waals surface area contributed by atoms with E-state index in [0.717, 1.165) is 51.1 Å². The van der Waals surface area contributed by atoms with Crippen LogP contribution in [0.2, 0.25) is 5.15 Å². The molecule has 0 unspecified atom stereocenters. The molecule has 1 aromatic heterocycles. The minimum Gasteiger partial charge on any atom is -0.384 e. The predicted molar refractivity (Wildman–Crippen MR) is 83.7 cm³/mol. The van der Waals surface area contributed by atoms with Crippen LogP contribution in [-0.4, -0.2) is 42.6 Å². The zero-order chi connectivity index (χ0) is 15.2. The van der Waals surface area contributed by atoms with Crippen molar-refractivity contribution in [3.05, 3.63) is 28.5 Å². The molecular weight excluding hydrogens is 288 g/mol. The summed E-state index contributed by atoms with van der Waals surface area (Å²) < 4.78 is 5.19. The fourth-order valence-electron chi connectivity index (χ4n) is 2.78. The summed E-state index contributed by atoms with van der Waals surface area (Å²) in [6, 6.07) is 3.54. The molecule has 1 aromatic rings. The number of piperidine rings is 1. The van der Waals surface area contributed by atoms with Crippen LogP contribution in [0, 0.1) is 5.92 Å². The van der Waals surface area contributed by atoms with Crippen molar-refractivity contribution in [3.63, 3.8) is 0 Å². The van der Waals surface area contributed by atoms with Crippen molar-refractivity contribution in [1.29, 1.82) is 0 Å². The van der Waals surface area contributed by atoms with E-state index in [9.17, 15) is 4.79 Å². The van der Waals surface area contributed by atoms with E-state index in [1.807, 2.05) is 11.0 Å². The number of pyridine rings is 1. The summed E-state index contributed by atoms with van der Waals surface area (Å²) in [5, 5.41) is 0.401. The quantitative estimate of drug-likeness (QED) is 0.784. The highest BCUT2D eigenvalue weighted by Crippen LogP contribution is 2.20. The van der Waals surface area contributed by atoms with Crippen LogP contribution in [0.3, 0.4) is 0 Å². The van der Waals surface area contributed by atoms with Gasteiger partial charge in [0.25, 0.3) is 5.91 Å². The van der Waals surface area contributed by atoms with Gasteiger partial charge in [-0.25, -0.2) is 4.98 Å². The zero-order valence-corrected chi connectivity index (χ0v) is 13.5. The maximum atomic E-state index is 12.6. The largest absolute Gasteiger partial charge is 0.384 e. The van der Waals surface area contributed by atoms with Gasteiger partial charge in [-0.05, 0) is 37.3 Å². The summed E-state index contributed by atoms with van der Waals surface area (Å²) in [5.74, 6) is 0.628. The van der Waals surface area contributed by atoms with Crippen LogP contribution in [0.25, 0.3) is 0 Å². The number of hydrogen-bond acceptors (Lipinski definition) is 3. The molecule has 0 bridgehead atoms. The van der Waals surface area contributed by atoms with Crippen molar-refractivity contribution in [1.82, 2.24) is 9.88 Å². The summed E-state index contributed by atoms with van der Waals surface area (Å²) >= 11 is 6.03. The van der Waals surface area contributed by atoms with E-state index < -0.39 is 0 Å². The Kier molecular flexibility index (Phi) is 6.00. The SMILES string of the molecule is CCCc1cc(C(=O)N2CCC(COC)CC2)cc(Cl)n1. The van der Waals surface area contributed by atoms with Crippen molar-refractivity contribution < 1.29 is 9.53 Å². The van der Waals surface area contributed by atoms with Gasteiger partial charge in [-0.1, -0.05) is 24.9 Å². The van der Waals surface area contributed by atoms with E-state index in [0.29, 0.717) is 16.6 Å². The molecule has 0 atom stereocenters. The Morgan fingerprint density at radius 3 is 2.76 bits per heavy atom. The lowest BCUT2D eigenvalue weighted by molar-refractivity contribution is 0.0613. The molecule has 1 aliphatic rings. The molecule has 0 spiro atoms. The molecule has 116 valence electrons. The Morgan fingerprint density at radius 1 is 1.43 bits per heavy atom. The molecule has 0 N–H and O–H groups in total. The van der Waals surface area contributed by atoms with Crippen LogP contribution >= 0.6 is 11.6 Å². The molecule has 2 rings (SSSR count). The van der Waals surface area contributed by atoms with E-state index in [1.54, 1.807) is 13.2 Å². The lowest BCUT2D eigenvalue weighted by atomic mass is 9.97. The molecule has 0 aliphatic carbocycles. The van der Waals surface area contributed by atoms with Gasteiger partial charge in [-0.15, -0.1) is 0 Å². The first-order valence-corrected chi connectivity index (χ1v) is 7.96. The van der Waals surface area contributed by atoms with Gasteiger partial charge in [-0.3, -0.25) is 4.79 Å². The van der Waals surface area contributed by atoms with Gasteiger partial charge in [0.1, 0.15) is 5.15 Å². The molecule has 0 saturated carbocycles. The number of nitrogens with zero attached hydrogens (tertiary/aromatic N) is 2. The third kappa shape index (κ3) is 4.42. The molecule has 5 heteroatoms. The molecule has 1 saturated heterocycles. The van der Waals surface area contributed by atoms with Gasteiger partial charge in [0, 0.05) is 38.1 Å². The number of ether oxygens (including phenoxy) is 1. The highest BCUT2D eigenvalue weighted by atomic mass is 35.5. The second kappa shape index (κ2) is 7.76. The number of aromatic nitrogens is 1. The van der Waals surface area contributed by atoms with E-state index in [4.69, 9.17) is 16.3 Å². The third-order valence-corrected chi connectivity index (χ3v) is 4.10. The summed E-state index contributed by atoms with van der Waals surface area (Å²) in [6.07, 6.45) is 3.83. The number of likely N-dealkylation sites (tertiary alicyclic amines) is 1. The molecule has 1 aliphatic heterocycles. The lowest BCUT2D eigenvalue weighted by Crippen LogP contribution is -2.39. The van der Waals surface area contributed by atoms with Crippen LogP contribution in [-0.2, 0) is 11.2 Å². The van der Waals surface area contributed by atoms with Gasteiger partial charge >= 0.3 is 0 Å². The number of aryl methyl sites for hydroxylation is 1. The Balaban J connectivity index is 2.03. The molecule has 1 fully saturated rings. The second-order valence-corrected chi connectivity index (χ2v) is 6.00. The minimum absolute atomic E-state index is 0.0625. The highest BCUT2D eigenvalue weighted by molar-refractivity contribution is 6.29. The standard InChI is InChI=1S/C16H23ClN2O2/c1-3-4-14-9-13(10-15(17)18-14)16(20)19-7-5-12(6-8-19)11-21-2/h9-10,12H,3-8,11H2,1-2H3. The summed E-state index contributed by atoms with van der Waals surface area (Å²) in [6.45, 7) is 4.44. The van der Waals surface area contributed by atoms with Gasteiger partial charge in [-0.2, -0.15) is 0 Å². The molecular formula is C16H23ClN2O2. The minimum atomic E-state index is 0.0625. The number of rotatable bonds is 5. The Labute approximate surface area is 131 Å². The Morgan fingerprint density at radius 2 is 2.14 bits per heavy atom. The molecule has 0 aromatic carbocycles. The fourth-order valence-corrected chi connectivity index (χ4v) is 3.01. The number of methoxy groups -OCH3 is 1. The molecule has 21 heavy (non-hydrogen) atoms. The highest BCUT2D eigenvalue weighted by Gasteiger charge is 2.24. The number of carbonyl (C=O) groups excluding carboxylic acids is 1. The summed E-state index contributed by atoms with van der Waals surface area (Å²) in [5.41, 5.74) is 1.55. The van der Waals surface area contributed by atoms with Crippen LogP contribution in [0.15, 0.2) is 12.1 Å². The van der Waals surface area contributed by atoms with Gasteiger partial charge in [0.05, 0.1) is 0 Å². The van der Waals surface area contributed by atoms with E-state index >= 15 is 0 Å². The van der Waals surface area contributed by atoms with Crippen LogP contribution in [0.4, 0.5) is 0 Å². The van der Waals surface area contributed by atoms with Crippen molar-refractivity contribution in [3.8, 4) is 0 Å². The van der Waals surface area contributed by atoms with Gasteiger partial charge in [0.15, 0.2) is 0 Å². The first kappa shape index (κ1) is 16.2. The zero-order valence-electron chi connectivity index (χ0n) is 12.8. The third-order valence-electron chi connectivity index (χ3n) is 3.90. The van der Waals surface area contributed by atoms with Crippen LogP contribution < -0.4 is 0 Å². The summed E-state index contributed by atoms with van der Waals surface area (Å²) in [4.78, 5) is 18.8. The van der Waals surface area contributed by atoms with Crippen molar-refractivity contribution in [2.24, 2.45) is 5.92 Å². The molecule has 4 nitrogen and oxygen atoms in total. The molecule has 2 heterocycles. The number of halogens is 1. The van der Waals surface area contributed by atoms with Gasteiger partial charge < -0.3 is 9.64 Å². The summed E-state index contributed by atoms with van der Waals surface area (Å²) in [7, 11) is 1.73. The Bertz CT molecular complexity index is 485. The smallest absolute Gasteiger partial charge is 0.254 e. The number of carbonyl (C=O) groups is 1. The monoisotopic (exact) mass is 310 g/mol. The number of hydrogen-bond donors (Lipinski definition) is 0. The molecule has 0 radical (unpaired) electrons. The average Bonchev–Trinajstić information content (AvgIpc) is 2.47. The van der Waals surface area contributed by atoms with E-state index in [1.165, 1.54) is 0 Å². The second-order valence-electron chi connectivity index (χ2n) is 5.61. The first-order valence-electron chi connectivity index (χ1n) is 7.58. The van der Waals surface area contributed by atoms with E-state index in [-0.39, 0.29) is 5.91 Å².